The highest BCUT2D eigenvalue weighted by atomic mass is 19.1. The van der Waals surface area contributed by atoms with E-state index in [2.05, 4.69) is 15.6 Å². The van der Waals surface area contributed by atoms with Crippen LogP contribution in [0.25, 0.3) is 0 Å². The Bertz CT molecular complexity index is 1200. The van der Waals surface area contributed by atoms with Crippen LogP contribution in [-0.4, -0.2) is 67.0 Å². The lowest BCUT2D eigenvalue weighted by Crippen LogP contribution is -2.52. The van der Waals surface area contributed by atoms with Crippen LogP contribution in [0.4, 0.5) is 15.9 Å². The van der Waals surface area contributed by atoms with E-state index in [9.17, 15) is 19.1 Å². The molecule has 0 spiro atoms. The first-order chi connectivity index (χ1) is 20.7. The van der Waals surface area contributed by atoms with Gasteiger partial charge in [-0.3, -0.25) is 9.59 Å². The molecule has 2 fully saturated rings. The molecule has 2 heterocycles. The third kappa shape index (κ3) is 8.44. The summed E-state index contributed by atoms with van der Waals surface area (Å²) in [5, 5.41) is 15.5. The van der Waals surface area contributed by atoms with Crippen molar-refractivity contribution >= 4 is 23.3 Å². The van der Waals surface area contributed by atoms with Gasteiger partial charge in [0.2, 0.25) is 17.7 Å². The maximum Gasteiger partial charge on any atom is 0.241 e. The number of alkyl halides is 1. The quantitative estimate of drug-likeness (QED) is 0.226. The van der Waals surface area contributed by atoms with E-state index in [1.54, 1.807) is 26.0 Å². The minimum absolute atomic E-state index is 0.198. The van der Waals surface area contributed by atoms with Crippen LogP contribution in [0.5, 0.6) is 5.88 Å². The molecular formula is C33H47FN4O5. The van der Waals surface area contributed by atoms with Crippen molar-refractivity contribution in [2.75, 3.05) is 43.1 Å². The van der Waals surface area contributed by atoms with E-state index in [1.807, 2.05) is 49.1 Å². The molecule has 2 amide bonds. The smallest absolute Gasteiger partial charge is 0.241 e. The van der Waals surface area contributed by atoms with Gasteiger partial charge in [-0.1, -0.05) is 58.0 Å². The Morgan fingerprint density at radius 2 is 1.77 bits per heavy atom. The van der Waals surface area contributed by atoms with Gasteiger partial charge in [0.1, 0.15) is 23.1 Å². The number of halogens is 1. The number of carbonyl (C=O) groups is 2. The van der Waals surface area contributed by atoms with E-state index in [0.29, 0.717) is 49.6 Å². The molecule has 9 nitrogen and oxygen atoms in total. The first kappa shape index (κ1) is 32.7. The van der Waals surface area contributed by atoms with Gasteiger partial charge in [-0.15, -0.1) is 0 Å². The molecular weight excluding hydrogens is 551 g/mol. The minimum atomic E-state index is -1.33. The van der Waals surface area contributed by atoms with Crippen molar-refractivity contribution in [3.05, 3.63) is 48.0 Å². The maximum atomic E-state index is 13.7. The standard InChI is InChI=1S/C33H47FN4O5/c1-5-33(6-2,31(40)35-27(18-39)14-22(3)4)32(41)37-29-13-12-28(38-16-26(34)17-38)30(36-29)43-21-25-15-24(25)20-42-19-23-10-8-7-9-11-23/h7-13,22,24-27,39H,5-6,14-21H2,1-4H3,(H,35,40)(H,36,37,41)/t24-,25-,27-/m0/s1. The van der Waals surface area contributed by atoms with E-state index < -0.39 is 29.4 Å². The Balaban J connectivity index is 1.39. The molecule has 236 valence electrons. The number of aromatic nitrogens is 1. The molecule has 0 radical (unpaired) electrons. The number of nitrogens with one attached hydrogen (secondary N) is 2. The third-order valence-corrected chi connectivity index (χ3v) is 8.59. The van der Waals surface area contributed by atoms with Crippen LogP contribution in [0.2, 0.25) is 0 Å². The van der Waals surface area contributed by atoms with Crippen LogP contribution < -0.4 is 20.3 Å². The molecule has 1 saturated heterocycles. The number of hydrogen-bond acceptors (Lipinski definition) is 7. The van der Waals surface area contributed by atoms with Crippen LogP contribution in [0.1, 0.15) is 58.9 Å². The number of aliphatic hydroxyl groups excluding tert-OH is 1. The Morgan fingerprint density at radius 1 is 1.07 bits per heavy atom. The molecule has 10 heteroatoms. The molecule has 2 aromatic rings. The van der Waals surface area contributed by atoms with Gasteiger partial charge < -0.3 is 30.1 Å². The van der Waals surface area contributed by atoms with E-state index in [-0.39, 0.29) is 44.3 Å². The highest BCUT2D eigenvalue weighted by molar-refractivity contribution is 6.10. The summed E-state index contributed by atoms with van der Waals surface area (Å²) in [6.45, 7) is 9.64. The molecule has 43 heavy (non-hydrogen) atoms. The third-order valence-electron chi connectivity index (χ3n) is 8.59. The summed E-state index contributed by atoms with van der Waals surface area (Å²) in [4.78, 5) is 33.5. The number of hydrogen-bond donors (Lipinski definition) is 3. The number of benzene rings is 1. The number of aliphatic hydroxyl groups is 1. The average molecular weight is 599 g/mol. The van der Waals surface area contributed by atoms with Crippen molar-refractivity contribution in [3.63, 3.8) is 0 Å². The lowest BCUT2D eigenvalue weighted by atomic mass is 9.80. The molecule has 1 aromatic heterocycles. The summed E-state index contributed by atoms with van der Waals surface area (Å²) in [6.07, 6.45) is 1.27. The van der Waals surface area contributed by atoms with E-state index in [1.165, 1.54) is 0 Å². The maximum absolute atomic E-state index is 13.7. The Kier molecular flexibility index (Phi) is 11.4. The van der Waals surface area contributed by atoms with Gasteiger partial charge in [0, 0.05) is 0 Å². The topological polar surface area (TPSA) is 113 Å². The lowest BCUT2D eigenvalue weighted by Gasteiger charge is -2.37. The van der Waals surface area contributed by atoms with Crippen LogP contribution in [0.3, 0.4) is 0 Å². The average Bonchev–Trinajstić information content (AvgIpc) is 3.73. The first-order valence-electron chi connectivity index (χ1n) is 15.6. The molecule has 1 aliphatic carbocycles. The van der Waals surface area contributed by atoms with Crippen molar-refractivity contribution in [1.29, 1.82) is 0 Å². The predicted octanol–water partition coefficient (Wildman–Crippen LogP) is 4.74. The van der Waals surface area contributed by atoms with E-state index >= 15 is 0 Å². The highest BCUT2D eigenvalue weighted by Gasteiger charge is 2.44. The van der Waals surface area contributed by atoms with Crippen LogP contribution in [-0.2, 0) is 20.9 Å². The zero-order valence-electron chi connectivity index (χ0n) is 25.9. The molecule has 0 bridgehead atoms. The summed E-state index contributed by atoms with van der Waals surface area (Å²) in [5.41, 5.74) is 0.491. The normalized spacial score (nSPS) is 19.1. The summed E-state index contributed by atoms with van der Waals surface area (Å²) in [5.74, 6) is 0.730. The minimum Gasteiger partial charge on any atom is -0.476 e. The molecule has 0 unspecified atom stereocenters. The van der Waals surface area contributed by atoms with Crippen LogP contribution >= 0.6 is 0 Å². The number of pyridine rings is 1. The van der Waals surface area contributed by atoms with Crippen LogP contribution in [0, 0.1) is 23.2 Å². The fraction of sp³-hybridized carbons (Fsp3) is 0.606. The number of nitrogens with zero attached hydrogens (tertiary/aromatic N) is 2. The van der Waals surface area contributed by atoms with Gasteiger partial charge in [0.05, 0.1) is 45.6 Å². The molecule has 1 aromatic carbocycles. The van der Waals surface area contributed by atoms with E-state index in [0.717, 1.165) is 12.0 Å². The number of amides is 2. The second-order valence-corrected chi connectivity index (χ2v) is 12.3. The van der Waals surface area contributed by atoms with Crippen molar-refractivity contribution in [3.8, 4) is 5.88 Å². The molecule has 4 rings (SSSR count). The monoisotopic (exact) mass is 598 g/mol. The summed E-state index contributed by atoms with van der Waals surface area (Å²) in [7, 11) is 0. The van der Waals surface area contributed by atoms with Gasteiger partial charge in [0.25, 0.3) is 0 Å². The number of ether oxygens (including phenoxy) is 2. The first-order valence-corrected chi connectivity index (χ1v) is 15.6. The van der Waals surface area contributed by atoms with Gasteiger partial charge in [0.15, 0.2) is 0 Å². The van der Waals surface area contributed by atoms with Gasteiger partial charge in [-0.2, -0.15) is 4.98 Å². The summed E-state index contributed by atoms with van der Waals surface area (Å²) >= 11 is 0. The fourth-order valence-electron chi connectivity index (χ4n) is 5.58. The summed E-state index contributed by atoms with van der Waals surface area (Å²) < 4.78 is 25.8. The fourth-order valence-corrected chi connectivity index (χ4v) is 5.58. The molecule has 3 atom stereocenters. The predicted molar refractivity (Wildman–Crippen MR) is 165 cm³/mol. The second-order valence-electron chi connectivity index (χ2n) is 12.3. The Morgan fingerprint density at radius 3 is 2.40 bits per heavy atom. The number of carbonyl (C=O) groups excluding carboxylic acids is 2. The molecule has 3 N–H and O–H groups in total. The van der Waals surface area contributed by atoms with Crippen molar-refractivity contribution in [2.24, 2.45) is 23.2 Å². The molecule has 1 saturated carbocycles. The second kappa shape index (κ2) is 15.0. The zero-order valence-corrected chi connectivity index (χ0v) is 25.9. The van der Waals surface area contributed by atoms with Crippen LogP contribution in [0.15, 0.2) is 42.5 Å². The number of rotatable bonds is 17. The Labute approximate surface area is 254 Å². The molecule has 2 aliphatic rings. The van der Waals surface area contributed by atoms with Crippen molar-refractivity contribution in [1.82, 2.24) is 10.3 Å². The highest BCUT2D eigenvalue weighted by Crippen LogP contribution is 2.40. The lowest BCUT2D eigenvalue weighted by molar-refractivity contribution is -0.142. The van der Waals surface area contributed by atoms with Gasteiger partial charge in [-0.05, 0) is 61.1 Å². The van der Waals surface area contributed by atoms with Crippen molar-refractivity contribution in [2.45, 2.75) is 72.2 Å². The van der Waals surface area contributed by atoms with Crippen molar-refractivity contribution < 1.29 is 28.6 Å². The largest absolute Gasteiger partial charge is 0.476 e. The van der Waals surface area contributed by atoms with Gasteiger partial charge in [-0.25, -0.2) is 4.39 Å². The zero-order chi connectivity index (χ0) is 31.0. The molecule has 1 aliphatic heterocycles. The summed E-state index contributed by atoms with van der Waals surface area (Å²) in [6, 6.07) is 13.1. The number of anilines is 2. The SMILES string of the molecule is CCC(CC)(C(=O)Nc1ccc(N2CC(F)C2)c(OC[C@@H]2C[C@H]2COCc2ccccc2)n1)C(=O)N[C@H](CO)CC(C)C. The van der Waals surface area contributed by atoms with Gasteiger partial charge >= 0.3 is 0 Å². The van der Waals surface area contributed by atoms with E-state index in [4.69, 9.17) is 9.47 Å². The Hall–Kier alpha value is -3.24.